The Morgan fingerprint density at radius 3 is 2.94 bits per heavy atom. The summed E-state index contributed by atoms with van der Waals surface area (Å²) < 4.78 is 2.69. The molecule has 82 valence electrons. The summed E-state index contributed by atoms with van der Waals surface area (Å²) in [5.41, 5.74) is 0.888. The quantitative estimate of drug-likeness (QED) is 0.856. The van der Waals surface area contributed by atoms with Crippen molar-refractivity contribution in [3.63, 3.8) is 0 Å². The molecule has 1 aromatic carbocycles. The molecule has 1 saturated carbocycles. The first-order valence-electron chi connectivity index (χ1n) is 4.99. The summed E-state index contributed by atoms with van der Waals surface area (Å²) in [6.45, 7) is 0. The average Bonchev–Trinajstić information content (AvgIpc) is 3.01. The second kappa shape index (κ2) is 3.82. The van der Waals surface area contributed by atoms with E-state index in [0.717, 1.165) is 16.0 Å². The molecule has 3 rings (SSSR count). The topological polar surface area (TPSA) is 43.6 Å². The molecule has 2 aromatic rings. The predicted molar refractivity (Wildman–Crippen MR) is 63.8 cm³/mol. The molecule has 0 bridgehead atoms. The van der Waals surface area contributed by atoms with Gasteiger partial charge in [-0.3, -0.25) is 0 Å². The Balaban J connectivity index is 2.13. The van der Waals surface area contributed by atoms with Gasteiger partial charge < -0.3 is 0 Å². The highest BCUT2D eigenvalue weighted by atomic mass is 79.9. The second-order valence-electron chi connectivity index (χ2n) is 3.82. The van der Waals surface area contributed by atoms with E-state index >= 15 is 0 Å². The van der Waals surface area contributed by atoms with Gasteiger partial charge >= 0.3 is 0 Å². The van der Waals surface area contributed by atoms with Gasteiger partial charge in [0, 0.05) is 15.4 Å². The van der Waals surface area contributed by atoms with Gasteiger partial charge in [-0.25, -0.2) is 0 Å². The minimum atomic E-state index is 0.501. The lowest BCUT2D eigenvalue weighted by Crippen LogP contribution is -2.02. The summed E-state index contributed by atoms with van der Waals surface area (Å²) in [5, 5.41) is 12.5. The van der Waals surface area contributed by atoms with E-state index in [1.54, 1.807) is 4.68 Å². The van der Waals surface area contributed by atoms with E-state index in [9.17, 15) is 0 Å². The highest BCUT2D eigenvalue weighted by Crippen LogP contribution is 2.39. The number of benzene rings is 1. The molecule has 0 atom stereocenters. The van der Waals surface area contributed by atoms with Gasteiger partial charge in [0.25, 0.3) is 0 Å². The molecule has 0 spiro atoms. The molecule has 1 aromatic heterocycles. The maximum absolute atomic E-state index is 5.98. The molecule has 0 saturated heterocycles. The number of nitrogens with zero attached hydrogens (tertiary/aromatic N) is 4. The van der Waals surface area contributed by atoms with Gasteiger partial charge in [0.05, 0.1) is 5.69 Å². The van der Waals surface area contributed by atoms with Crippen molar-refractivity contribution < 1.29 is 0 Å². The SMILES string of the molecule is Clc1ccc(Br)c(-n2nnnc2C2CC2)c1. The predicted octanol–water partition coefficient (Wildman–Crippen LogP) is 2.96. The summed E-state index contributed by atoms with van der Waals surface area (Å²) in [7, 11) is 0. The van der Waals surface area contributed by atoms with E-state index in [1.807, 2.05) is 18.2 Å². The molecule has 0 amide bonds. The number of aromatic nitrogens is 4. The first-order valence-corrected chi connectivity index (χ1v) is 6.16. The van der Waals surface area contributed by atoms with E-state index in [2.05, 4.69) is 31.5 Å². The van der Waals surface area contributed by atoms with Crippen molar-refractivity contribution in [2.45, 2.75) is 18.8 Å². The van der Waals surface area contributed by atoms with Crippen LogP contribution in [-0.2, 0) is 0 Å². The molecule has 1 fully saturated rings. The van der Waals surface area contributed by atoms with Crippen LogP contribution in [0.4, 0.5) is 0 Å². The maximum Gasteiger partial charge on any atom is 0.159 e. The van der Waals surface area contributed by atoms with Gasteiger partial charge in [-0.2, -0.15) is 4.68 Å². The van der Waals surface area contributed by atoms with Crippen LogP contribution in [-0.4, -0.2) is 20.2 Å². The highest BCUT2D eigenvalue weighted by Gasteiger charge is 2.30. The third-order valence-corrected chi connectivity index (χ3v) is 3.48. The molecule has 0 unspecified atom stereocenters. The van der Waals surface area contributed by atoms with Gasteiger partial charge in [0.2, 0.25) is 0 Å². The summed E-state index contributed by atoms with van der Waals surface area (Å²) in [6.07, 6.45) is 2.33. The van der Waals surface area contributed by atoms with Crippen molar-refractivity contribution in [2.24, 2.45) is 0 Å². The van der Waals surface area contributed by atoms with Crippen molar-refractivity contribution in [1.29, 1.82) is 0 Å². The van der Waals surface area contributed by atoms with Crippen LogP contribution < -0.4 is 0 Å². The summed E-state index contributed by atoms with van der Waals surface area (Å²) in [6, 6.07) is 5.58. The summed E-state index contributed by atoms with van der Waals surface area (Å²) in [5.74, 6) is 1.42. The first kappa shape index (κ1) is 10.2. The molecule has 1 aliphatic carbocycles. The van der Waals surface area contributed by atoms with Crippen molar-refractivity contribution in [2.75, 3.05) is 0 Å². The van der Waals surface area contributed by atoms with Gasteiger partial charge in [0.15, 0.2) is 5.82 Å². The van der Waals surface area contributed by atoms with E-state index < -0.39 is 0 Å². The monoisotopic (exact) mass is 298 g/mol. The Hall–Kier alpha value is -0.940. The fourth-order valence-corrected chi connectivity index (χ4v) is 2.19. The Labute approximate surface area is 106 Å². The summed E-state index contributed by atoms with van der Waals surface area (Å²) >= 11 is 9.46. The van der Waals surface area contributed by atoms with Crippen LogP contribution in [0.1, 0.15) is 24.6 Å². The van der Waals surface area contributed by atoms with Gasteiger partial charge in [-0.05, 0) is 57.4 Å². The molecule has 0 radical (unpaired) electrons. The smallest absolute Gasteiger partial charge is 0.159 e. The van der Waals surface area contributed by atoms with Crippen LogP contribution in [0.5, 0.6) is 0 Å². The minimum absolute atomic E-state index is 0.501. The Morgan fingerprint density at radius 2 is 2.19 bits per heavy atom. The van der Waals surface area contributed by atoms with Gasteiger partial charge in [0.1, 0.15) is 0 Å². The first-order chi connectivity index (χ1) is 7.75. The lowest BCUT2D eigenvalue weighted by molar-refractivity contribution is 0.761. The number of rotatable bonds is 2. The highest BCUT2D eigenvalue weighted by molar-refractivity contribution is 9.10. The lowest BCUT2D eigenvalue weighted by Gasteiger charge is -2.06. The minimum Gasteiger partial charge on any atom is -0.196 e. The van der Waals surface area contributed by atoms with Crippen LogP contribution in [0.15, 0.2) is 22.7 Å². The Kier molecular flexibility index (Phi) is 2.44. The fraction of sp³-hybridized carbons (Fsp3) is 0.300. The molecular formula is C10H8BrClN4. The number of halogens is 2. The second-order valence-corrected chi connectivity index (χ2v) is 5.11. The molecule has 4 nitrogen and oxygen atoms in total. The summed E-state index contributed by atoms with van der Waals surface area (Å²) in [4.78, 5) is 0. The lowest BCUT2D eigenvalue weighted by atomic mass is 10.3. The molecule has 0 N–H and O–H groups in total. The third-order valence-electron chi connectivity index (χ3n) is 2.57. The van der Waals surface area contributed by atoms with Crippen LogP contribution in [0.25, 0.3) is 5.69 Å². The van der Waals surface area contributed by atoms with Crippen LogP contribution in [0, 0.1) is 0 Å². The Morgan fingerprint density at radius 1 is 1.38 bits per heavy atom. The zero-order valence-electron chi connectivity index (χ0n) is 8.27. The zero-order valence-corrected chi connectivity index (χ0v) is 10.6. The zero-order chi connectivity index (χ0) is 11.1. The normalized spacial score (nSPS) is 15.4. The van der Waals surface area contributed by atoms with E-state index in [-0.39, 0.29) is 0 Å². The van der Waals surface area contributed by atoms with Crippen molar-refractivity contribution in [3.05, 3.63) is 33.5 Å². The molecular weight excluding hydrogens is 291 g/mol. The van der Waals surface area contributed by atoms with E-state index in [4.69, 9.17) is 11.6 Å². The molecule has 1 aliphatic rings. The number of hydrogen-bond donors (Lipinski definition) is 0. The Bertz CT molecular complexity index is 535. The molecule has 0 aliphatic heterocycles. The van der Waals surface area contributed by atoms with E-state index in [1.165, 1.54) is 12.8 Å². The standard InChI is InChI=1S/C10H8BrClN4/c11-8-4-3-7(12)5-9(8)16-10(6-1-2-6)13-14-15-16/h3-6H,1-2H2. The van der Waals surface area contributed by atoms with Gasteiger partial charge in [-0.1, -0.05) is 11.6 Å². The van der Waals surface area contributed by atoms with Crippen LogP contribution >= 0.6 is 27.5 Å². The van der Waals surface area contributed by atoms with Crippen molar-refractivity contribution >= 4 is 27.5 Å². The van der Waals surface area contributed by atoms with Crippen molar-refractivity contribution in [1.82, 2.24) is 20.2 Å². The average molecular weight is 300 g/mol. The molecule has 6 heteroatoms. The van der Waals surface area contributed by atoms with Crippen LogP contribution in [0.2, 0.25) is 5.02 Å². The maximum atomic E-state index is 5.98. The number of hydrogen-bond acceptors (Lipinski definition) is 3. The fourth-order valence-electron chi connectivity index (χ4n) is 1.61. The third kappa shape index (κ3) is 1.74. The molecule has 1 heterocycles. The largest absolute Gasteiger partial charge is 0.196 e. The van der Waals surface area contributed by atoms with E-state index in [0.29, 0.717) is 10.9 Å². The van der Waals surface area contributed by atoms with Crippen LogP contribution in [0.3, 0.4) is 0 Å². The number of tetrazole rings is 1. The van der Waals surface area contributed by atoms with Gasteiger partial charge in [-0.15, -0.1) is 5.10 Å². The van der Waals surface area contributed by atoms with Crippen molar-refractivity contribution in [3.8, 4) is 5.69 Å². The molecule has 16 heavy (non-hydrogen) atoms.